The van der Waals surface area contributed by atoms with Gasteiger partial charge in [0, 0.05) is 19.4 Å². The zero-order valence-electron chi connectivity index (χ0n) is 9.08. The van der Waals surface area contributed by atoms with E-state index >= 15 is 0 Å². The van der Waals surface area contributed by atoms with E-state index in [-0.39, 0.29) is 0 Å². The molecule has 1 heterocycles. The number of anilines is 1. The molecule has 0 radical (unpaired) electrons. The second-order valence-electron chi connectivity index (χ2n) is 4.30. The lowest BCUT2D eigenvalue weighted by atomic mass is 9.88. The lowest BCUT2D eigenvalue weighted by molar-refractivity contribution is -0.120. The number of carbonyl (C=O) groups is 1. The van der Waals surface area contributed by atoms with Gasteiger partial charge in [0.25, 0.3) is 0 Å². The number of thiophene rings is 1. The second kappa shape index (κ2) is 4.79. The first kappa shape index (κ1) is 10.7. The third-order valence-electron chi connectivity index (χ3n) is 3.08. The van der Waals surface area contributed by atoms with Gasteiger partial charge in [-0.15, -0.1) is 11.3 Å². The van der Waals surface area contributed by atoms with Gasteiger partial charge in [0.2, 0.25) is 0 Å². The third kappa shape index (κ3) is 2.81. The average Bonchev–Trinajstić information content (AvgIpc) is 2.63. The second-order valence-corrected chi connectivity index (χ2v) is 5.21. The van der Waals surface area contributed by atoms with Crippen LogP contribution < -0.4 is 5.32 Å². The Morgan fingerprint density at radius 1 is 1.47 bits per heavy atom. The number of carbonyl (C=O) groups excluding carboxylic acids is 1. The molecule has 82 valence electrons. The highest BCUT2D eigenvalue weighted by atomic mass is 32.1. The van der Waals surface area contributed by atoms with E-state index in [1.807, 2.05) is 0 Å². The molecular weight excluding hydrogens is 206 g/mol. The largest absolute Gasteiger partial charge is 0.376 e. The number of nitrogens with one attached hydrogen (secondary N) is 1. The van der Waals surface area contributed by atoms with Gasteiger partial charge in [-0.25, -0.2) is 0 Å². The van der Waals surface area contributed by atoms with Crippen molar-refractivity contribution < 1.29 is 4.79 Å². The normalized spacial score (nSPS) is 18.1. The third-order valence-corrected chi connectivity index (χ3v) is 4.05. The Labute approximate surface area is 94.7 Å². The number of hydrogen-bond donors (Lipinski definition) is 1. The monoisotopic (exact) mass is 223 g/mol. The lowest BCUT2D eigenvalue weighted by Gasteiger charge is -2.21. The maximum atomic E-state index is 11.1. The molecule has 0 spiro atoms. The van der Waals surface area contributed by atoms with E-state index in [2.05, 4.69) is 23.7 Å². The molecule has 3 heteroatoms. The summed E-state index contributed by atoms with van der Waals surface area (Å²) in [6.45, 7) is 3.15. The van der Waals surface area contributed by atoms with E-state index in [1.165, 1.54) is 10.6 Å². The molecule has 1 fully saturated rings. The van der Waals surface area contributed by atoms with Crippen LogP contribution in [0.2, 0.25) is 0 Å². The topological polar surface area (TPSA) is 29.1 Å². The standard InChI is InChI=1S/C12H17NOS/c1-9-6-7-15-12(9)13-8-10-2-4-11(14)5-3-10/h6-7,10,13H,2-5,8H2,1H3. The van der Waals surface area contributed by atoms with Crippen LogP contribution in [-0.4, -0.2) is 12.3 Å². The number of aryl methyl sites for hydroxylation is 1. The van der Waals surface area contributed by atoms with Gasteiger partial charge in [0.15, 0.2) is 0 Å². The van der Waals surface area contributed by atoms with Gasteiger partial charge in [0.05, 0.1) is 5.00 Å². The summed E-state index contributed by atoms with van der Waals surface area (Å²) in [7, 11) is 0. The molecule has 1 aromatic rings. The number of rotatable bonds is 3. The maximum Gasteiger partial charge on any atom is 0.132 e. The summed E-state index contributed by atoms with van der Waals surface area (Å²) < 4.78 is 0. The Bertz CT molecular complexity index is 335. The minimum Gasteiger partial charge on any atom is -0.376 e. The molecule has 1 aromatic heterocycles. The molecule has 2 nitrogen and oxygen atoms in total. The quantitative estimate of drug-likeness (QED) is 0.852. The predicted octanol–water partition coefficient (Wildman–Crippen LogP) is 3.23. The number of Topliss-reactive ketones (excluding diaryl/α,β-unsaturated/α-hetero) is 1. The summed E-state index contributed by atoms with van der Waals surface area (Å²) >= 11 is 1.76. The Hall–Kier alpha value is -0.830. The molecule has 0 bridgehead atoms. The van der Waals surface area contributed by atoms with Crippen molar-refractivity contribution in [1.29, 1.82) is 0 Å². The summed E-state index contributed by atoms with van der Waals surface area (Å²) in [5.74, 6) is 1.13. The summed E-state index contributed by atoms with van der Waals surface area (Å²) in [5.41, 5.74) is 1.33. The van der Waals surface area contributed by atoms with E-state index in [4.69, 9.17) is 0 Å². The highest BCUT2D eigenvalue weighted by molar-refractivity contribution is 7.14. The first-order valence-corrected chi connectivity index (χ1v) is 6.43. The zero-order chi connectivity index (χ0) is 10.7. The Balaban J connectivity index is 1.79. The minimum atomic E-state index is 0.443. The molecule has 0 amide bonds. The van der Waals surface area contributed by atoms with Crippen LogP contribution in [0.25, 0.3) is 0 Å². The van der Waals surface area contributed by atoms with Gasteiger partial charge in [-0.2, -0.15) is 0 Å². The fourth-order valence-corrected chi connectivity index (χ4v) is 2.82. The fourth-order valence-electron chi connectivity index (χ4n) is 1.99. The summed E-state index contributed by atoms with van der Waals surface area (Å²) in [4.78, 5) is 11.1. The maximum absolute atomic E-state index is 11.1. The van der Waals surface area contributed by atoms with Crippen LogP contribution >= 0.6 is 11.3 Å². The first-order chi connectivity index (χ1) is 7.25. The van der Waals surface area contributed by atoms with Crippen LogP contribution in [0.1, 0.15) is 31.2 Å². The molecule has 2 rings (SSSR count). The smallest absolute Gasteiger partial charge is 0.132 e. The molecule has 0 atom stereocenters. The highest BCUT2D eigenvalue weighted by Crippen LogP contribution is 2.25. The summed E-state index contributed by atoms with van der Waals surface area (Å²) in [6, 6.07) is 2.14. The van der Waals surface area contributed by atoms with Crippen LogP contribution in [0, 0.1) is 12.8 Å². The summed E-state index contributed by atoms with van der Waals surface area (Å²) in [6.07, 6.45) is 3.71. The highest BCUT2D eigenvalue weighted by Gasteiger charge is 2.18. The zero-order valence-corrected chi connectivity index (χ0v) is 9.90. The molecule has 1 aliphatic rings. The van der Waals surface area contributed by atoms with Crippen molar-refractivity contribution in [3.05, 3.63) is 17.0 Å². The molecule has 0 aliphatic heterocycles. The Morgan fingerprint density at radius 2 is 2.20 bits per heavy atom. The number of hydrogen-bond acceptors (Lipinski definition) is 3. The number of ketones is 1. The molecule has 0 saturated heterocycles. The Kier molecular flexibility index (Phi) is 3.41. The van der Waals surface area contributed by atoms with Crippen LogP contribution in [0.15, 0.2) is 11.4 Å². The van der Waals surface area contributed by atoms with Gasteiger partial charge in [-0.05, 0) is 42.7 Å². The van der Waals surface area contributed by atoms with Crippen molar-refractivity contribution in [1.82, 2.24) is 0 Å². The molecule has 0 aromatic carbocycles. The van der Waals surface area contributed by atoms with Crippen LogP contribution in [0.4, 0.5) is 5.00 Å². The SMILES string of the molecule is Cc1ccsc1NCC1CCC(=O)CC1. The molecule has 1 N–H and O–H groups in total. The van der Waals surface area contributed by atoms with E-state index < -0.39 is 0 Å². The Morgan fingerprint density at radius 3 is 2.80 bits per heavy atom. The van der Waals surface area contributed by atoms with E-state index in [1.54, 1.807) is 11.3 Å². The van der Waals surface area contributed by atoms with E-state index in [9.17, 15) is 4.79 Å². The van der Waals surface area contributed by atoms with Gasteiger partial charge in [0.1, 0.15) is 5.78 Å². The van der Waals surface area contributed by atoms with Crippen molar-refractivity contribution in [3.63, 3.8) is 0 Å². The van der Waals surface area contributed by atoms with Crippen molar-refractivity contribution in [3.8, 4) is 0 Å². The van der Waals surface area contributed by atoms with E-state index in [0.717, 1.165) is 32.2 Å². The first-order valence-electron chi connectivity index (χ1n) is 5.55. The van der Waals surface area contributed by atoms with Crippen LogP contribution in [0.3, 0.4) is 0 Å². The minimum absolute atomic E-state index is 0.443. The van der Waals surface area contributed by atoms with Crippen LogP contribution in [0.5, 0.6) is 0 Å². The predicted molar refractivity (Wildman–Crippen MR) is 64.5 cm³/mol. The molecule has 15 heavy (non-hydrogen) atoms. The lowest BCUT2D eigenvalue weighted by Crippen LogP contribution is -2.20. The van der Waals surface area contributed by atoms with Crippen molar-refractivity contribution in [2.45, 2.75) is 32.6 Å². The van der Waals surface area contributed by atoms with Gasteiger partial charge >= 0.3 is 0 Å². The van der Waals surface area contributed by atoms with Crippen molar-refractivity contribution in [2.75, 3.05) is 11.9 Å². The van der Waals surface area contributed by atoms with Gasteiger partial charge in [-0.1, -0.05) is 0 Å². The van der Waals surface area contributed by atoms with Crippen LogP contribution in [-0.2, 0) is 4.79 Å². The molecule has 1 saturated carbocycles. The van der Waals surface area contributed by atoms with Gasteiger partial charge in [-0.3, -0.25) is 4.79 Å². The van der Waals surface area contributed by atoms with Crippen molar-refractivity contribution >= 4 is 22.1 Å². The molecular formula is C12H17NOS. The van der Waals surface area contributed by atoms with Gasteiger partial charge < -0.3 is 5.32 Å². The molecule has 1 aliphatic carbocycles. The van der Waals surface area contributed by atoms with Crippen molar-refractivity contribution in [2.24, 2.45) is 5.92 Å². The average molecular weight is 223 g/mol. The summed E-state index contributed by atoms with van der Waals surface area (Å²) in [5, 5.41) is 6.88. The fraction of sp³-hybridized carbons (Fsp3) is 0.583. The molecule has 0 unspecified atom stereocenters. The van der Waals surface area contributed by atoms with E-state index in [0.29, 0.717) is 11.7 Å².